The van der Waals surface area contributed by atoms with Gasteiger partial charge in [0.25, 0.3) is 0 Å². The highest BCUT2D eigenvalue weighted by atomic mass is 19.1. The van der Waals surface area contributed by atoms with Gasteiger partial charge < -0.3 is 15.5 Å². The number of aromatic amines is 1. The number of aromatic nitrogens is 2. The fourth-order valence-electron chi connectivity index (χ4n) is 1.92. The van der Waals surface area contributed by atoms with E-state index in [1.165, 1.54) is 13.2 Å². The second kappa shape index (κ2) is 5.84. The van der Waals surface area contributed by atoms with E-state index in [0.29, 0.717) is 17.0 Å². The summed E-state index contributed by atoms with van der Waals surface area (Å²) in [5.41, 5.74) is 6.73. The van der Waals surface area contributed by atoms with Crippen molar-refractivity contribution in [3.63, 3.8) is 0 Å². The van der Waals surface area contributed by atoms with Gasteiger partial charge in [-0.2, -0.15) is 0 Å². The lowest BCUT2D eigenvalue weighted by molar-refractivity contribution is 0.413. The van der Waals surface area contributed by atoms with Crippen molar-refractivity contribution in [2.75, 3.05) is 7.11 Å². The highest BCUT2D eigenvalue weighted by Gasteiger charge is 2.14. The summed E-state index contributed by atoms with van der Waals surface area (Å²) in [4.78, 5) is 7.36. The van der Waals surface area contributed by atoms with Crippen LogP contribution >= 0.6 is 0 Å². The van der Waals surface area contributed by atoms with Crippen molar-refractivity contribution < 1.29 is 9.13 Å². The highest BCUT2D eigenvalue weighted by molar-refractivity contribution is 5.67. The topological polar surface area (TPSA) is 63.9 Å². The predicted octanol–water partition coefficient (Wildman–Crippen LogP) is 2.50. The van der Waals surface area contributed by atoms with E-state index in [0.717, 1.165) is 18.7 Å². The molecule has 2 aromatic rings. The van der Waals surface area contributed by atoms with Crippen LogP contribution in [0.4, 0.5) is 4.39 Å². The number of ether oxygens (including phenoxy) is 1. The van der Waals surface area contributed by atoms with Gasteiger partial charge in [-0.1, -0.05) is 6.07 Å². The van der Waals surface area contributed by atoms with Crippen molar-refractivity contribution in [3.8, 4) is 17.0 Å². The maximum Gasteiger partial charge on any atom is 0.136 e. The van der Waals surface area contributed by atoms with E-state index >= 15 is 0 Å². The van der Waals surface area contributed by atoms with E-state index in [2.05, 4.69) is 9.97 Å². The lowest BCUT2D eigenvalue weighted by Crippen LogP contribution is -2.15. The maximum atomic E-state index is 13.9. The summed E-state index contributed by atoms with van der Waals surface area (Å²) in [6, 6.07) is 4.86. The Morgan fingerprint density at radius 2 is 2.26 bits per heavy atom. The smallest absolute Gasteiger partial charge is 0.136 e. The van der Waals surface area contributed by atoms with Gasteiger partial charge >= 0.3 is 0 Å². The van der Waals surface area contributed by atoms with E-state index in [1.807, 2.05) is 6.92 Å². The zero-order valence-electron chi connectivity index (χ0n) is 11.1. The molecule has 19 heavy (non-hydrogen) atoms. The number of nitrogens with two attached hydrogens (primary N) is 1. The number of H-pyrrole nitrogens is 1. The molecular weight excluding hydrogens is 245 g/mol. The molecule has 1 atom stereocenters. The molecule has 102 valence electrons. The summed E-state index contributed by atoms with van der Waals surface area (Å²) in [6.07, 6.45) is 3.20. The Morgan fingerprint density at radius 3 is 2.95 bits per heavy atom. The lowest BCUT2D eigenvalue weighted by Gasteiger charge is -2.07. The Morgan fingerprint density at radius 1 is 1.47 bits per heavy atom. The number of aryl methyl sites for hydroxylation is 1. The monoisotopic (exact) mass is 263 g/mol. The number of rotatable bonds is 5. The Kier molecular flexibility index (Phi) is 4.16. The van der Waals surface area contributed by atoms with Gasteiger partial charge in [0, 0.05) is 12.5 Å². The number of nitrogens with zero attached hydrogens (tertiary/aromatic N) is 1. The zero-order valence-corrected chi connectivity index (χ0v) is 11.1. The number of imidazole rings is 1. The molecule has 0 aliphatic rings. The van der Waals surface area contributed by atoms with Crippen molar-refractivity contribution >= 4 is 0 Å². The molecule has 1 aromatic carbocycles. The van der Waals surface area contributed by atoms with E-state index in [1.54, 1.807) is 18.3 Å². The molecule has 2 rings (SSSR count). The molecule has 0 spiro atoms. The molecule has 0 fully saturated rings. The summed E-state index contributed by atoms with van der Waals surface area (Å²) in [7, 11) is 1.52. The third-order valence-corrected chi connectivity index (χ3v) is 2.93. The molecule has 4 nitrogen and oxygen atoms in total. The largest absolute Gasteiger partial charge is 0.496 e. The second-order valence-electron chi connectivity index (χ2n) is 4.58. The molecule has 0 saturated carbocycles. The van der Waals surface area contributed by atoms with Crippen LogP contribution in [-0.2, 0) is 6.42 Å². The predicted molar refractivity (Wildman–Crippen MR) is 72.5 cm³/mol. The molecule has 0 aliphatic heterocycles. The number of halogens is 1. The summed E-state index contributed by atoms with van der Waals surface area (Å²) in [5, 5.41) is 0. The standard InChI is InChI=1S/C14H18FN3O/c1-9(16)6-7-13-17-8-11(18-13)14-10(15)4-3-5-12(14)19-2/h3-5,8-9H,6-7,16H2,1-2H3,(H,17,18). The van der Waals surface area contributed by atoms with Crippen LogP contribution in [0.1, 0.15) is 19.2 Å². The zero-order chi connectivity index (χ0) is 13.8. The number of hydrogen-bond acceptors (Lipinski definition) is 3. The van der Waals surface area contributed by atoms with Gasteiger partial charge in [0.05, 0.1) is 24.6 Å². The normalized spacial score (nSPS) is 12.4. The van der Waals surface area contributed by atoms with Crippen LogP contribution in [0, 0.1) is 5.82 Å². The summed E-state index contributed by atoms with van der Waals surface area (Å²) in [6.45, 7) is 1.95. The minimum Gasteiger partial charge on any atom is -0.496 e. The SMILES string of the molecule is COc1cccc(F)c1-c1cnc(CCC(C)N)[nH]1. The Bertz CT molecular complexity index is 551. The first kappa shape index (κ1) is 13.5. The van der Waals surface area contributed by atoms with E-state index in [4.69, 9.17) is 10.5 Å². The fraction of sp³-hybridized carbons (Fsp3) is 0.357. The molecule has 3 N–H and O–H groups in total. The van der Waals surface area contributed by atoms with Gasteiger partial charge in [-0.3, -0.25) is 0 Å². The quantitative estimate of drug-likeness (QED) is 0.871. The van der Waals surface area contributed by atoms with Gasteiger partial charge in [-0.15, -0.1) is 0 Å². The Hall–Kier alpha value is -1.88. The number of nitrogens with one attached hydrogen (secondary N) is 1. The van der Waals surface area contributed by atoms with Crippen LogP contribution in [0.25, 0.3) is 11.3 Å². The first-order valence-corrected chi connectivity index (χ1v) is 6.24. The van der Waals surface area contributed by atoms with Gasteiger partial charge in [0.2, 0.25) is 0 Å². The Labute approximate surface area is 111 Å². The van der Waals surface area contributed by atoms with Crippen LogP contribution in [0.5, 0.6) is 5.75 Å². The van der Waals surface area contributed by atoms with Gasteiger partial charge in [0.1, 0.15) is 17.4 Å². The van der Waals surface area contributed by atoms with Crippen LogP contribution < -0.4 is 10.5 Å². The van der Waals surface area contributed by atoms with E-state index in [9.17, 15) is 4.39 Å². The third kappa shape index (κ3) is 3.12. The average molecular weight is 263 g/mol. The minimum absolute atomic E-state index is 0.122. The molecule has 5 heteroatoms. The lowest BCUT2D eigenvalue weighted by atomic mass is 10.1. The molecule has 0 bridgehead atoms. The minimum atomic E-state index is -0.332. The Balaban J connectivity index is 2.28. The molecule has 1 unspecified atom stereocenters. The van der Waals surface area contributed by atoms with Crippen molar-refractivity contribution in [1.29, 1.82) is 0 Å². The van der Waals surface area contributed by atoms with Crippen LogP contribution in [-0.4, -0.2) is 23.1 Å². The van der Waals surface area contributed by atoms with Crippen LogP contribution in [0.3, 0.4) is 0 Å². The molecular formula is C14H18FN3O. The molecule has 0 saturated heterocycles. The van der Waals surface area contributed by atoms with Crippen molar-refractivity contribution in [1.82, 2.24) is 9.97 Å². The van der Waals surface area contributed by atoms with Gasteiger partial charge in [0.15, 0.2) is 0 Å². The highest BCUT2D eigenvalue weighted by Crippen LogP contribution is 2.31. The molecule has 1 heterocycles. The van der Waals surface area contributed by atoms with Crippen LogP contribution in [0.2, 0.25) is 0 Å². The van der Waals surface area contributed by atoms with Crippen molar-refractivity contribution in [3.05, 3.63) is 36.0 Å². The molecule has 0 radical (unpaired) electrons. The summed E-state index contributed by atoms with van der Waals surface area (Å²) >= 11 is 0. The van der Waals surface area contributed by atoms with Crippen LogP contribution in [0.15, 0.2) is 24.4 Å². The molecule has 0 amide bonds. The first-order valence-electron chi connectivity index (χ1n) is 6.24. The van der Waals surface area contributed by atoms with Crippen molar-refractivity contribution in [2.24, 2.45) is 5.73 Å². The fourth-order valence-corrected chi connectivity index (χ4v) is 1.92. The number of benzene rings is 1. The van der Waals surface area contributed by atoms with Crippen molar-refractivity contribution in [2.45, 2.75) is 25.8 Å². The number of hydrogen-bond donors (Lipinski definition) is 2. The summed E-state index contributed by atoms with van der Waals surface area (Å²) < 4.78 is 19.1. The van der Waals surface area contributed by atoms with Gasteiger partial charge in [-0.25, -0.2) is 9.37 Å². The number of methoxy groups -OCH3 is 1. The molecule has 0 aliphatic carbocycles. The van der Waals surface area contributed by atoms with Gasteiger partial charge in [-0.05, 0) is 25.5 Å². The maximum absolute atomic E-state index is 13.9. The summed E-state index contributed by atoms with van der Waals surface area (Å²) in [5.74, 6) is 0.960. The average Bonchev–Trinajstić information content (AvgIpc) is 2.84. The first-order chi connectivity index (χ1) is 9.11. The third-order valence-electron chi connectivity index (χ3n) is 2.93. The van der Waals surface area contributed by atoms with E-state index in [-0.39, 0.29) is 11.9 Å². The second-order valence-corrected chi connectivity index (χ2v) is 4.58. The van der Waals surface area contributed by atoms with E-state index < -0.39 is 0 Å². The molecule has 1 aromatic heterocycles.